The van der Waals surface area contributed by atoms with Gasteiger partial charge in [0.05, 0.1) is 0 Å². The second-order valence-electron chi connectivity index (χ2n) is 10.4. The number of carbonyl (C=O) groups is 1. The molecule has 1 N–H and O–H groups in total. The van der Waals surface area contributed by atoms with E-state index in [9.17, 15) is 4.79 Å². The van der Waals surface area contributed by atoms with Crippen LogP contribution in [0.2, 0.25) is 0 Å². The van der Waals surface area contributed by atoms with Gasteiger partial charge < -0.3 is 15.0 Å². The Kier molecular flexibility index (Phi) is 8.90. The first kappa shape index (κ1) is 24.6. The summed E-state index contributed by atoms with van der Waals surface area (Å²) >= 11 is 0. The molecule has 184 valence electrons. The van der Waals surface area contributed by atoms with Crippen LogP contribution < -0.4 is 10.1 Å². The number of ether oxygens (including phenoxy) is 1. The van der Waals surface area contributed by atoms with Gasteiger partial charge in [0.2, 0.25) is 5.91 Å². The molecule has 0 radical (unpaired) electrons. The van der Waals surface area contributed by atoms with Gasteiger partial charge >= 0.3 is 0 Å². The van der Waals surface area contributed by atoms with E-state index >= 15 is 0 Å². The first-order valence-corrected chi connectivity index (χ1v) is 13.5. The number of aryl methyl sites for hydroxylation is 1. The summed E-state index contributed by atoms with van der Waals surface area (Å²) in [4.78, 5) is 15.1. The maximum absolute atomic E-state index is 13.1. The molecule has 1 amide bonds. The Morgan fingerprint density at radius 2 is 1.62 bits per heavy atom. The lowest BCUT2D eigenvalue weighted by Crippen LogP contribution is -2.39. The number of para-hydroxylation sites is 1. The highest BCUT2D eigenvalue weighted by Crippen LogP contribution is 2.33. The van der Waals surface area contributed by atoms with E-state index in [1.807, 2.05) is 43.4 Å². The van der Waals surface area contributed by atoms with E-state index in [1.165, 1.54) is 69.8 Å². The number of benzene rings is 2. The number of hydrogen-bond acceptors (Lipinski definition) is 3. The standard InChI is InChI=1S/C30H42N2O2/c1-23-18-19-27(34-26-16-10-5-11-17-26)22-29(23)31-28(24-12-6-3-7-13-24)20-21-30(33)32(2)25-14-8-4-9-15-25/h5,10-11,16-19,22,24-25,28,31H,3-4,6-9,12-15,20-21H2,1-2H3/t28-/m0/s1. The van der Waals surface area contributed by atoms with E-state index in [4.69, 9.17) is 4.74 Å². The van der Waals surface area contributed by atoms with Gasteiger partial charge in [-0.25, -0.2) is 0 Å². The van der Waals surface area contributed by atoms with E-state index in [0.29, 0.717) is 30.3 Å². The van der Waals surface area contributed by atoms with Gasteiger partial charge in [-0.2, -0.15) is 0 Å². The van der Waals surface area contributed by atoms with Crippen LogP contribution in [0.15, 0.2) is 48.5 Å². The predicted octanol–water partition coefficient (Wildman–Crippen LogP) is 7.72. The third kappa shape index (κ3) is 6.77. The van der Waals surface area contributed by atoms with Gasteiger partial charge in [0, 0.05) is 37.3 Å². The molecular formula is C30H42N2O2. The van der Waals surface area contributed by atoms with Crippen LogP contribution in [0.5, 0.6) is 11.5 Å². The van der Waals surface area contributed by atoms with Crippen LogP contribution >= 0.6 is 0 Å². The van der Waals surface area contributed by atoms with Gasteiger partial charge in [-0.3, -0.25) is 4.79 Å². The van der Waals surface area contributed by atoms with Gasteiger partial charge in [-0.1, -0.05) is 62.8 Å². The van der Waals surface area contributed by atoms with E-state index in [2.05, 4.69) is 29.3 Å². The van der Waals surface area contributed by atoms with Crippen molar-refractivity contribution in [3.05, 3.63) is 54.1 Å². The number of carbonyl (C=O) groups excluding carboxylic acids is 1. The number of anilines is 1. The summed E-state index contributed by atoms with van der Waals surface area (Å²) < 4.78 is 6.10. The molecule has 4 heteroatoms. The largest absolute Gasteiger partial charge is 0.457 e. The summed E-state index contributed by atoms with van der Waals surface area (Å²) in [6.07, 6.45) is 14.1. The van der Waals surface area contributed by atoms with E-state index in [0.717, 1.165) is 23.6 Å². The van der Waals surface area contributed by atoms with Crippen molar-refractivity contribution in [2.75, 3.05) is 12.4 Å². The number of nitrogens with one attached hydrogen (secondary N) is 1. The van der Waals surface area contributed by atoms with Crippen molar-refractivity contribution in [2.45, 2.75) is 96.1 Å². The van der Waals surface area contributed by atoms with E-state index in [1.54, 1.807) is 0 Å². The average molecular weight is 463 g/mol. The summed E-state index contributed by atoms with van der Waals surface area (Å²) in [5.74, 6) is 2.62. The fourth-order valence-electron chi connectivity index (χ4n) is 5.73. The summed E-state index contributed by atoms with van der Waals surface area (Å²) in [7, 11) is 2.02. The molecule has 2 aliphatic rings. The molecule has 0 aliphatic heterocycles. The third-order valence-corrected chi connectivity index (χ3v) is 7.93. The minimum Gasteiger partial charge on any atom is -0.457 e. The lowest BCUT2D eigenvalue weighted by Gasteiger charge is -2.34. The average Bonchev–Trinajstić information content (AvgIpc) is 2.89. The van der Waals surface area contributed by atoms with Crippen LogP contribution in [-0.2, 0) is 4.79 Å². The van der Waals surface area contributed by atoms with Crippen LogP contribution in [0.25, 0.3) is 0 Å². The van der Waals surface area contributed by atoms with Crippen molar-refractivity contribution >= 4 is 11.6 Å². The van der Waals surface area contributed by atoms with Crippen LogP contribution in [-0.4, -0.2) is 29.9 Å². The molecule has 2 fully saturated rings. The smallest absolute Gasteiger partial charge is 0.222 e. The van der Waals surface area contributed by atoms with Crippen LogP contribution in [0.1, 0.15) is 82.6 Å². The molecule has 0 bridgehead atoms. The molecule has 0 spiro atoms. The molecule has 4 rings (SSSR count). The second kappa shape index (κ2) is 12.3. The summed E-state index contributed by atoms with van der Waals surface area (Å²) in [5.41, 5.74) is 2.34. The molecule has 1 atom stereocenters. The maximum Gasteiger partial charge on any atom is 0.222 e. The van der Waals surface area contributed by atoms with Crippen molar-refractivity contribution in [1.82, 2.24) is 4.90 Å². The van der Waals surface area contributed by atoms with Crippen molar-refractivity contribution in [1.29, 1.82) is 0 Å². The van der Waals surface area contributed by atoms with Crippen molar-refractivity contribution in [2.24, 2.45) is 5.92 Å². The first-order valence-electron chi connectivity index (χ1n) is 13.5. The molecule has 2 aromatic carbocycles. The molecule has 0 aromatic heterocycles. The molecule has 34 heavy (non-hydrogen) atoms. The molecule has 0 saturated heterocycles. The monoisotopic (exact) mass is 462 g/mol. The van der Waals surface area contributed by atoms with Crippen molar-refractivity contribution < 1.29 is 9.53 Å². The Bertz CT molecular complexity index is 901. The van der Waals surface area contributed by atoms with E-state index in [-0.39, 0.29) is 0 Å². The fourth-order valence-corrected chi connectivity index (χ4v) is 5.73. The van der Waals surface area contributed by atoms with Crippen LogP contribution in [0, 0.1) is 12.8 Å². The Labute approximate surface area is 206 Å². The molecule has 0 unspecified atom stereocenters. The maximum atomic E-state index is 13.1. The first-order chi connectivity index (χ1) is 16.6. The number of hydrogen-bond donors (Lipinski definition) is 1. The Morgan fingerprint density at radius 1 is 0.941 bits per heavy atom. The fraction of sp³-hybridized carbons (Fsp3) is 0.567. The topological polar surface area (TPSA) is 41.6 Å². The van der Waals surface area contributed by atoms with Crippen molar-refractivity contribution in [3.8, 4) is 11.5 Å². The summed E-state index contributed by atoms with van der Waals surface area (Å²) in [6, 6.07) is 17.0. The van der Waals surface area contributed by atoms with Crippen LogP contribution in [0.3, 0.4) is 0 Å². The zero-order chi connectivity index (χ0) is 23.8. The van der Waals surface area contributed by atoms with E-state index < -0.39 is 0 Å². The highest BCUT2D eigenvalue weighted by molar-refractivity contribution is 5.76. The molecule has 2 aromatic rings. The van der Waals surface area contributed by atoms with Gasteiger partial charge in [-0.05, 0) is 68.7 Å². The summed E-state index contributed by atoms with van der Waals surface area (Å²) in [6.45, 7) is 2.15. The Hall–Kier alpha value is -2.49. The number of amides is 1. The molecule has 0 heterocycles. The van der Waals surface area contributed by atoms with Crippen LogP contribution in [0.4, 0.5) is 5.69 Å². The molecule has 4 nitrogen and oxygen atoms in total. The zero-order valence-electron chi connectivity index (χ0n) is 21.1. The van der Waals surface area contributed by atoms with Crippen molar-refractivity contribution in [3.63, 3.8) is 0 Å². The Balaban J connectivity index is 1.43. The zero-order valence-corrected chi connectivity index (χ0v) is 21.1. The predicted molar refractivity (Wildman–Crippen MR) is 141 cm³/mol. The lowest BCUT2D eigenvalue weighted by atomic mass is 9.82. The highest BCUT2D eigenvalue weighted by atomic mass is 16.5. The lowest BCUT2D eigenvalue weighted by molar-refractivity contribution is -0.132. The molecule has 2 aliphatic carbocycles. The second-order valence-corrected chi connectivity index (χ2v) is 10.4. The SMILES string of the molecule is Cc1ccc(Oc2ccccc2)cc1N[C@@H](CCC(=O)N(C)C1CCCCC1)C1CCCCC1. The minimum absolute atomic E-state index is 0.312. The molecular weight excluding hydrogens is 420 g/mol. The van der Waals surface area contributed by atoms with Gasteiger partial charge in [0.25, 0.3) is 0 Å². The number of nitrogens with zero attached hydrogens (tertiary/aromatic N) is 1. The van der Waals surface area contributed by atoms with Gasteiger partial charge in [0.15, 0.2) is 0 Å². The highest BCUT2D eigenvalue weighted by Gasteiger charge is 2.27. The molecule has 2 saturated carbocycles. The van der Waals surface area contributed by atoms with Gasteiger partial charge in [0.1, 0.15) is 11.5 Å². The number of rotatable bonds is 9. The normalized spacial score (nSPS) is 18.3. The van der Waals surface area contributed by atoms with Gasteiger partial charge in [-0.15, -0.1) is 0 Å². The summed E-state index contributed by atoms with van der Waals surface area (Å²) in [5, 5.41) is 3.87. The third-order valence-electron chi connectivity index (χ3n) is 7.93. The minimum atomic E-state index is 0.312. The Morgan fingerprint density at radius 3 is 2.32 bits per heavy atom. The quantitative estimate of drug-likeness (QED) is 0.415.